The Labute approximate surface area is 97.6 Å². The standard InChI is InChI=1S/C12H23NO3/c1-2-16-9-3-4-12(15)13-7-5-11(10-13)6-8-14/h11,14H,2-10H2,1H3. The summed E-state index contributed by atoms with van der Waals surface area (Å²) >= 11 is 0. The van der Waals surface area contributed by atoms with Gasteiger partial charge in [-0.1, -0.05) is 0 Å². The molecule has 0 bridgehead atoms. The molecule has 0 saturated carbocycles. The Morgan fingerprint density at radius 3 is 3.06 bits per heavy atom. The van der Waals surface area contributed by atoms with Crippen molar-refractivity contribution in [2.24, 2.45) is 5.92 Å². The van der Waals surface area contributed by atoms with Crippen molar-refractivity contribution in [3.8, 4) is 0 Å². The van der Waals surface area contributed by atoms with Gasteiger partial charge in [0.2, 0.25) is 5.91 Å². The Morgan fingerprint density at radius 1 is 1.56 bits per heavy atom. The van der Waals surface area contributed by atoms with Gasteiger partial charge in [0.1, 0.15) is 0 Å². The average molecular weight is 229 g/mol. The molecule has 0 aromatic rings. The van der Waals surface area contributed by atoms with E-state index in [0.29, 0.717) is 18.9 Å². The highest BCUT2D eigenvalue weighted by atomic mass is 16.5. The van der Waals surface area contributed by atoms with E-state index in [2.05, 4.69) is 0 Å². The van der Waals surface area contributed by atoms with Crippen LogP contribution in [-0.4, -0.2) is 48.8 Å². The summed E-state index contributed by atoms with van der Waals surface area (Å²) < 4.78 is 5.20. The molecule has 1 saturated heterocycles. The van der Waals surface area contributed by atoms with E-state index in [-0.39, 0.29) is 12.5 Å². The van der Waals surface area contributed by atoms with Crippen LogP contribution in [0.1, 0.15) is 32.6 Å². The van der Waals surface area contributed by atoms with E-state index in [9.17, 15) is 4.79 Å². The fourth-order valence-corrected chi connectivity index (χ4v) is 2.11. The predicted octanol–water partition coefficient (Wildman–Crippen LogP) is 1.03. The van der Waals surface area contributed by atoms with Crippen LogP contribution < -0.4 is 0 Å². The molecule has 94 valence electrons. The number of hydrogen-bond acceptors (Lipinski definition) is 3. The molecule has 1 fully saturated rings. The van der Waals surface area contributed by atoms with E-state index >= 15 is 0 Å². The quantitative estimate of drug-likeness (QED) is 0.663. The van der Waals surface area contributed by atoms with Crippen molar-refractivity contribution >= 4 is 5.91 Å². The van der Waals surface area contributed by atoms with E-state index in [1.165, 1.54) is 0 Å². The normalized spacial score (nSPS) is 20.4. The van der Waals surface area contributed by atoms with Gasteiger partial charge in [0, 0.05) is 39.3 Å². The zero-order valence-corrected chi connectivity index (χ0v) is 10.2. The summed E-state index contributed by atoms with van der Waals surface area (Å²) in [6.45, 7) is 5.28. The summed E-state index contributed by atoms with van der Waals surface area (Å²) in [4.78, 5) is 13.7. The maximum Gasteiger partial charge on any atom is 0.222 e. The molecule has 0 aliphatic carbocycles. The van der Waals surface area contributed by atoms with Crippen LogP contribution in [0.4, 0.5) is 0 Å². The van der Waals surface area contributed by atoms with Crippen LogP contribution in [0, 0.1) is 5.92 Å². The molecular formula is C12H23NO3. The monoisotopic (exact) mass is 229 g/mol. The van der Waals surface area contributed by atoms with Crippen LogP contribution in [0.2, 0.25) is 0 Å². The summed E-state index contributed by atoms with van der Waals surface area (Å²) in [6.07, 6.45) is 3.26. The Hall–Kier alpha value is -0.610. The highest BCUT2D eigenvalue weighted by molar-refractivity contribution is 5.76. The molecule has 1 heterocycles. The van der Waals surface area contributed by atoms with E-state index in [1.807, 2.05) is 11.8 Å². The van der Waals surface area contributed by atoms with E-state index in [0.717, 1.165) is 39.0 Å². The van der Waals surface area contributed by atoms with Gasteiger partial charge in [-0.05, 0) is 32.1 Å². The maximum atomic E-state index is 11.8. The fourth-order valence-electron chi connectivity index (χ4n) is 2.11. The largest absolute Gasteiger partial charge is 0.396 e. The van der Waals surface area contributed by atoms with E-state index in [1.54, 1.807) is 0 Å². The average Bonchev–Trinajstić information content (AvgIpc) is 2.73. The van der Waals surface area contributed by atoms with Gasteiger partial charge in [0.05, 0.1) is 0 Å². The first-order valence-corrected chi connectivity index (χ1v) is 6.24. The molecule has 1 unspecified atom stereocenters. The van der Waals surface area contributed by atoms with Gasteiger partial charge in [0.25, 0.3) is 0 Å². The molecule has 1 atom stereocenters. The second kappa shape index (κ2) is 7.63. The predicted molar refractivity (Wildman–Crippen MR) is 62.1 cm³/mol. The molecule has 1 amide bonds. The zero-order valence-electron chi connectivity index (χ0n) is 10.2. The smallest absolute Gasteiger partial charge is 0.222 e. The summed E-state index contributed by atoms with van der Waals surface area (Å²) in [5.41, 5.74) is 0. The van der Waals surface area contributed by atoms with Crippen molar-refractivity contribution in [1.82, 2.24) is 4.90 Å². The van der Waals surface area contributed by atoms with Gasteiger partial charge in [-0.3, -0.25) is 4.79 Å². The van der Waals surface area contributed by atoms with Crippen LogP contribution >= 0.6 is 0 Å². The van der Waals surface area contributed by atoms with Crippen molar-refractivity contribution in [3.63, 3.8) is 0 Å². The highest BCUT2D eigenvalue weighted by Crippen LogP contribution is 2.19. The first-order valence-electron chi connectivity index (χ1n) is 6.24. The molecule has 1 aliphatic heterocycles. The third kappa shape index (κ3) is 4.49. The number of aliphatic hydroxyl groups is 1. The van der Waals surface area contributed by atoms with Crippen molar-refractivity contribution in [1.29, 1.82) is 0 Å². The molecule has 0 aromatic carbocycles. The lowest BCUT2D eigenvalue weighted by Crippen LogP contribution is -2.28. The lowest BCUT2D eigenvalue weighted by Gasteiger charge is -2.16. The molecule has 4 nitrogen and oxygen atoms in total. The van der Waals surface area contributed by atoms with Crippen LogP contribution in [0.3, 0.4) is 0 Å². The van der Waals surface area contributed by atoms with Gasteiger partial charge in [-0.15, -0.1) is 0 Å². The van der Waals surface area contributed by atoms with Crippen LogP contribution in [0.25, 0.3) is 0 Å². The molecule has 1 N–H and O–H groups in total. The van der Waals surface area contributed by atoms with Crippen molar-refractivity contribution < 1.29 is 14.6 Å². The van der Waals surface area contributed by atoms with Gasteiger partial charge < -0.3 is 14.7 Å². The number of carbonyl (C=O) groups is 1. The van der Waals surface area contributed by atoms with E-state index in [4.69, 9.17) is 9.84 Å². The maximum absolute atomic E-state index is 11.8. The number of aliphatic hydroxyl groups excluding tert-OH is 1. The third-order valence-corrected chi connectivity index (χ3v) is 3.06. The Morgan fingerprint density at radius 2 is 2.38 bits per heavy atom. The number of nitrogens with zero attached hydrogens (tertiary/aromatic N) is 1. The zero-order chi connectivity index (χ0) is 11.8. The Bertz CT molecular complexity index is 208. The van der Waals surface area contributed by atoms with Crippen LogP contribution in [-0.2, 0) is 9.53 Å². The fraction of sp³-hybridized carbons (Fsp3) is 0.917. The summed E-state index contributed by atoms with van der Waals surface area (Å²) in [6, 6.07) is 0. The SMILES string of the molecule is CCOCCCC(=O)N1CCC(CCO)C1. The number of rotatable bonds is 7. The number of carbonyl (C=O) groups excluding carboxylic acids is 1. The van der Waals surface area contributed by atoms with Gasteiger partial charge in [-0.25, -0.2) is 0 Å². The van der Waals surface area contributed by atoms with Crippen molar-refractivity contribution in [2.75, 3.05) is 32.9 Å². The minimum Gasteiger partial charge on any atom is -0.396 e. The summed E-state index contributed by atoms with van der Waals surface area (Å²) in [5, 5.41) is 8.83. The lowest BCUT2D eigenvalue weighted by atomic mass is 10.1. The van der Waals surface area contributed by atoms with E-state index < -0.39 is 0 Å². The number of amides is 1. The first kappa shape index (κ1) is 13.5. The Kier molecular flexibility index (Phi) is 6.42. The van der Waals surface area contributed by atoms with Crippen LogP contribution in [0.5, 0.6) is 0 Å². The molecule has 0 spiro atoms. The number of ether oxygens (including phenoxy) is 1. The molecule has 0 radical (unpaired) electrons. The number of likely N-dealkylation sites (tertiary alicyclic amines) is 1. The minimum absolute atomic E-state index is 0.233. The summed E-state index contributed by atoms with van der Waals surface area (Å²) in [5.74, 6) is 0.737. The first-order chi connectivity index (χ1) is 7.77. The Balaban J connectivity index is 2.13. The molecular weight excluding hydrogens is 206 g/mol. The molecule has 1 rings (SSSR count). The minimum atomic E-state index is 0.233. The van der Waals surface area contributed by atoms with Crippen LogP contribution in [0.15, 0.2) is 0 Å². The van der Waals surface area contributed by atoms with Gasteiger partial charge in [0.15, 0.2) is 0 Å². The molecule has 16 heavy (non-hydrogen) atoms. The molecule has 0 aromatic heterocycles. The highest BCUT2D eigenvalue weighted by Gasteiger charge is 2.25. The molecule has 1 aliphatic rings. The van der Waals surface area contributed by atoms with Gasteiger partial charge >= 0.3 is 0 Å². The topological polar surface area (TPSA) is 49.8 Å². The van der Waals surface area contributed by atoms with Crippen molar-refractivity contribution in [3.05, 3.63) is 0 Å². The number of hydrogen-bond donors (Lipinski definition) is 1. The second-order valence-corrected chi connectivity index (χ2v) is 4.31. The second-order valence-electron chi connectivity index (χ2n) is 4.31. The molecule has 4 heteroatoms. The lowest BCUT2D eigenvalue weighted by molar-refractivity contribution is -0.130. The van der Waals surface area contributed by atoms with Crippen molar-refractivity contribution in [2.45, 2.75) is 32.6 Å². The third-order valence-electron chi connectivity index (χ3n) is 3.06. The summed E-state index contributed by atoms with van der Waals surface area (Å²) in [7, 11) is 0. The van der Waals surface area contributed by atoms with Gasteiger partial charge in [-0.2, -0.15) is 0 Å².